The minimum absolute atomic E-state index is 0.222. The van der Waals surface area contributed by atoms with Gasteiger partial charge in [0.1, 0.15) is 0 Å². The third-order valence-corrected chi connectivity index (χ3v) is 3.71. The molecular weight excluding hydrogens is 202 g/mol. The molecule has 0 unspecified atom stereocenters. The summed E-state index contributed by atoms with van der Waals surface area (Å²) >= 11 is 0. The molecule has 0 spiro atoms. The fraction of sp³-hybridized carbons (Fsp3) is 0.923. The van der Waals surface area contributed by atoms with Crippen molar-refractivity contribution in [2.75, 3.05) is 13.2 Å². The number of hydrogen-bond acceptors (Lipinski definition) is 2. The van der Waals surface area contributed by atoms with Crippen molar-refractivity contribution in [1.29, 1.82) is 0 Å². The van der Waals surface area contributed by atoms with Crippen LogP contribution in [0.1, 0.15) is 45.4 Å². The number of carbonyl (C=O) groups is 1. The van der Waals surface area contributed by atoms with E-state index >= 15 is 0 Å². The highest BCUT2D eigenvalue weighted by Gasteiger charge is 2.29. The zero-order valence-electron chi connectivity index (χ0n) is 10.2. The second kappa shape index (κ2) is 5.67. The minimum Gasteiger partial charge on any atom is -0.376 e. The quantitative estimate of drug-likeness (QED) is 0.728. The van der Waals surface area contributed by atoms with Gasteiger partial charge in [0.25, 0.3) is 0 Å². The molecule has 0 aromatic rings. The zero-order valence-corrected chi connectivity index (χ0v) is 10.2. The molecule has 2 rings (SSSR count). The summed E-state index contributed by atoms with van der Waals surface area (Å²) in [5, 5.41) is 2.94. The van der Waals surface area contributed by atoms with Crippen molar-refractivity contribution in [2.45, 2.75) is 51.6 Å². The molecule has 0 radical (unpaired) electrons. The molecule has 92 valence electrons. The predicted octanol–water partition coefficient (Wildman–Crippen LogP) is 2.11. The van der Waals surface area contributed by atoms with Crippen LogP contribution in [0.2, 0.25) is 0 Å². The predicted molar refractivity (Wildman–Crippen MR) is 63.1 cm³/mol. The molecule has 3 nitrogen and oxygen atoms in total. The van der Waals surface area contributed by atoms with E-state index in [2.05, 4.69) is 12.2 Å². The molecule has 2 aliphatic rings. The van der Waals surface area contributed by atoms with E-state index in [-0.39, 0.29) is 5.91 Å². The molecule has 2 aliphatic carbocycles. The van der Waals surface area contributed by atoms with Gasteiger partial charge in [0.05, 0.1) is 12.7 Å². The van der Waals surface area contributed by atoms with Crippen LogP contribution in [0.4, 0.5) is 0 Å². The van der Waals surface area contributed by atoms with Crippen molar-refractivity contribution in [2.24, 2.45) is 11.8 Å². The van der Waals surface area contributed by atoms with Crippen molar-refractivity contribution in [3.05, 3.63) is 0 Å². The average Bonchev–Trinajstić information content (AvgIpc) is 3.10. The summed E-state index contributed by atoms with van der Waals surface area (Å²) in [6, 6.07) is 0. The standard InChI is InChI=1S/C13H23NO2/c1-10-4-2-3-5-12(10)16-9-8-14-13(15)11-6-7-11/h10-12H,2-9H2,1H3,(H,14,15)/t10-,12-/m1/s1. The number of ether oxygens (including phenoxy) is 1. The van der Waals surface area contributed by atoms with Gasteiger partial charge in [-0.2, -0.15) is 0 Å². The lowest BCUT2D eigenvalue weighted by Crippen LogP contribution is -2.32. The molecule has 2 atom stereocenters. The van der Waals surface area contributed by atoms with E-state index in [9.17, 15) is 4.79 Å². The first-order chi connectivity index (χ1) is 7.77. The Morgan fingerprint density at radius 2 is 2.00 bits per heavy atom. The summed E-state index contributed by atoms with van der Waals surface area (Å²) in [6.45, 7) is 3.62. The van der Waals surface area contributed by atoms with Crippen molar-refractivity contribution < 1.29 is 9.53 Å². The molecule has 0 saturated heterocycles. The highest BCUT2D eigenvalue weighted by Crippen LogP contribution is 2.28. The van der Waals surface area contributed by atoms with E-state index in [1.165, 1.54) is 25.7 Å². The molecule has 3 heteroatoms. The van der Waals surface area contributed by atoms with E-state index in [0.717, 1.165) is 12.8 Å². The molecule has 2 saturated carbocycles. The molecule has 0 aromatic heterocycles. The van der Waals surface area contributed by atoms with Gasteiger partial charge in [-0.05, 0) is 31.6 Å². The lowest BCUT2D eigenvalue weighted by Gasteiger charge is -2.28. The van der Waals surface area contributed by atoms with Crippen molar-refractivity contribution >= 4 is 5.91 Å². The molecule has 16 heavy (non-hydrogen) atoms. The van der Waals surface area contributed by atoms with Gasteiger partial charge in [0.2, 0.25) is 5.91 Å². The first-order valence-corrected chi connectivity index (χ1v) is 6.66. The van der Waals surface area contributed by atoms with Gasteiger partial charge in [0.15, 0.2) is 0 Å². The molecule has 0 heterocycles. The summed E-state index contributed by atoms with van der Waals surface area (Å²) < 4.78 is 5.83. The van der Waals surface area contributed by atoms with E-state index in [4.69, 9.17) is 4.74 Å². The fourth-order valence-electron chi connectivity index (χ4n) is 2.40. The minimum atomic E-state index is 0.222. The Kier molecular flexibility index (Phi) is 4.22. The van der Waals surface area contributed by atoms with Crippen LogP contribution in [0.25, 0.3) is 0 Å². The number of carbonyl (C=O) groups excluding carboxylic acids is 1. The lowest BCUT2D eigenvalue weighted by atomic mass is 9.88. The highest BCUT2D eigenvalue weighted by atomic mass is 16.5. The topological polar surface area (TPSA) is 38.3 Å². The Morgan fingerprint density at radius 3 is 2.69 bits per heavy atom. The van der Waals surface area contributed by atoms with E-state index in [1.54, 1.807) is 0 Å². The SMILES string of the molecule is C[C@@H]1CCCC[C@H]1OCCNC(=O)C1CC1. The monoisotopic (exact) mass is 225 g/mol. The molecule has 2 fully saturated rings. The fourth-order valence-corrected chi connectivity index (χ4v) is 2.40. The van der Waals surface area contributed by atoms with Crippen LogP contribution in [0.5, 0.6) is 0 Å². The highest BCUT2D eigenvalue weighted by molar-refractivity contribution is 5.80. The summed E-state index contributed by atoms with van der Waals surface area (Å²) in [5.74, 6) is 1.22. The van der Waals surface area contributed by atoms with E-state index in [0.29, 0.717) is 31.1 Å². The Labute approximate surface area is 97.9 Å². The van der Waals surface area contributed by atoms with Crippen LogP contribution in [0.15, 0.2) is 0 Å². The Hall–Kier alpha value is -0.570. The van der Waals surface area contributed by atoms with Crippen LogP contribution >= 0.6 is 0 Å². The Bertz CT molecular complexity index is 238. The van der Waals surface area contributed by atoms with Crippen molar-refractivity contribution in [1.82, 2.24) is 5.32 Å². The van der Waals surface area contributed by atoms with E-state index < -0.39 is 0 Å². The van der Waals surface area contributed by atoms with E-state index in [1.807, 2.05) is 0 Å². The third kappa shape index (κ3) is 3.48. The second-order valence-corrected chi connectivity index (χ2v) is 5.24. The van der Waals surface area contributed by atoms with Gasteiger partial charge in [-0.3, -0.25) is 4.79 Å². The van der Waals surface area contributed by atoms with Crippen LogP contribution in [-0.2, 0) is 9.53 Å². The maximum absolute atomic E-state index is 11.4. The van der Waals surface area contributed by atoms with Gasteiger partial charge >= 0.3 is 0 Å². The molecular formula is C13H23NO2. The maximum Gasteiger partial charge on any atom is 0.223 e. The maximum atomic E-state index is 11.4. The summed E-state index contributed by atoms with van der Waals surface area (Å²) in [6.07, 6.45) is 7.70. The van der Waals surface area contributed by atoms with Crippen molar-refractivity contribution in [3.8, 4) is 0 Å². The summed E-state index contributed by atoms with van der Waals surface area (Å²) in [5.41, 5.74) is 0. The lowest BCUT2D eigenvalue weighted by molar-refractivity contribution is -0.122. The van der Waals surface area contributed by atoms with Gasteiger partial charge in [-0.15, -0.1) is 0 Å². The molecule has 1 N–H and O–H groups in total. The second-order valence-electron chi connectivity index (χ2n) is 5.24. The van der Waals surface area contributed by atoms with Gasteiger partial charge < -0.3 is 10.1 Å². The van der Waals surface area contributed by atoms with Crippen LogP contribution in [0, 0.1) is 11.8 Å². The normalized spacial score (nSPS) is 30.1. The zero-order chi connectivity index (χ0) is 11.4. The number of nitrogens with one attached hydrogen (secondary N) is 1. The van der Waals surface area contributed by atoms with Gasteiger partial charge in [-0.25, -0.2) is 0 Å². The third-order valence-electron chi connectivity index (χ3n) is 3.71. The van der Waals surface area contributed by atoms with Crippen LogP contribution in [-0.4, -0.2) is 25.2 Å². The Balaban J connectivity index is 1.54. The largest absolute Gasteiger partial charge is 0.376 e. The van der Waals surface area contributed by atoms with Crippen LogP contribution in [0.3, 0.4) is 0 Å². The molecule has 1 amide bonds. The summed E-state index contributed by atoms with van der Waals surface area (Å²) in [7, 11) is 0. The van der Waals surface area contributed by atoms with Gasteiger partial charge in [0, 0.05) is 12.5 Å². The molecule has 0 aromatic carbocycles. The molecule has 0 bridgehead atoms. The first kappa shape index (κ1) is 11.9. The molecule has 0 aliphatic heterocycles. The van der Waals surface area contributed by atoms with Crippen LogP contribution < -0.4 is 5.32 Å². The number of hydrogen-bond donors (Lipinski definition) is 1. The number of rotatable bonds is 5. The number of amides is 1. The smallest absolute Gasteiger partial charge is 0.223 e. The van der Waals surface area contributed by atoms with Crippen molar-refractivity contribution in [3.63, 3.8) is 0 Å². The summed E-state index contributed by atoms with van der Waals surface area (Å²) in [4.78, 5) is 11.4. The van der Waals surface area contributed by atoms with Gasteiger partial charge in [-0.1, -0.05) is 19.8 Å². The first-order valence-electron chi connectivity index (χ1n) is 6.66. The average molecular weight is 225 g/mol. The Morgan fingerprint density at radius 1 is 1.25 bits per heavy atom.